The minimum atomic E-state index is -0.553. The van der Waals surface area contributed by atoms with E-state index in [4.69, 9.17) is 14.2 Å². The average Bonchev–Trinajstić information content (AvgIpc) is 2.93. The largest absolute Gasteiger partial charge is 0.497 e. The number of rotatable bonds is 10. The van der Waals surface area contributed by atoms with E-state index in [0.717, 1.165) is 37.7 Å². The Kier molecular flexibility index (Phi) is 8.59. The van der Waals surface area contributed by atoms with Gasteiger partial charge in [0.15, 0.2) is 0 Å². The Morgan fingerprint density at radius 3 is 2.28 bits per heavy atom. The first-order valence-electron chi connectivity index (χ1n) is 11.9. The van der Waals surface area contributed by atoms with E-state index in [-0.39, 0.29) is 12.5 Å². The molecular weight excluding hydrogens is 460 g/mol. The highest BCUT2D eigenvalue weighted by atomic mass is 16.5. The summed E-state index contributed by atoms with van der Waals surface area (Å²) in [4.78, 5) is 21.7. The van der Waals surface area contributed by atoms with Gasteiger partial charge in [-0.3, -0.25) is 9.69 Å². The molecule has 0 aliphatic carbocycles. The lowest BCUT2D eigenvalue weighted by Gasteiger charge is -2.36. The van der Waals surface area contributed by atoms with Gasteiger partial charge in [0.1, 0.15) is 35.8 Å². The van der Waals surface area contributed by atoms with Crippen LogP contribution in [-0.4, -0.2) is 80.6 Å². The lowest BCUT2D eigenvalue weighted by molar-refractivity contribution is 0.0662. The number of carbonyl (C=O) groups is 1. The van der Waals surface area contributed by atoms with Crippen molar-refractivity contribution in [1.29, 1.82) is 0 Å². The second kappa shape index (κ2) is 12.2. The molecule has 2 N–H and O–H groups in total. The minimum Gasteiger partial charge on any atom is -0.497 e. The number of nitrogens with zero attached hydrogens (tertiary/aromatic N) is 3. The van der Waals surface area contributed by atoms with Crippen molar-refractivity contribution < 1.29 is 24.1 Å². The fraction of sp³-hybridized carbons (Fsp3) is 0.333. The zero-order valence-corrected chi connectivity index (χ0v) is 20.6. The normalized spacial score (nSPS) is 14.7. The Hall–Kier alpha value is -3.82. The predicted molar refractivity (Wildman–Crippen MR) is 138 cm³/mol. The average molecular weight is 493 g/mol. The molecule has 2 aromatic carbocycles. The summed E-state index contributed by atoms with van der Waals surface area (Å²) in [6.07, 6.45) is 1.10. The van der Waals surface area contributed by atoms with Crippen molar-refractivity contribution in [3.63, 3.8) is 0 Å². The second-order valence-electron chi connectivity index (χ2n) is 8.53. The van der Waals surface area contributed by atoms with Gasteiger partial charge in [0.2, 0.25) is 0 Å². The molecule has 190 valence electrons. The van der Waals surface area contributed by atoms with Crippen molar-refractivity contribution in [2.75, 3.05) is 63.8 Å². The standard InChI is InChI=1S/C27H32N4O5/c1-34-24-14-20(15-25(16-24)35-2)27(33)29-21-8-9-26(28-17-21)31-12-10-30(11-13-31)18-22(32)19-36-23-6-4-3-5-7-23/h3-9,14-17,22,32H,10-13,18-19H2,1-2H3,(H,29,33). The highest BCUT2D eigenvalue weighted by Crippen LogP contribution is 2.24. The van der Waals surface area contributed by atoms with Crippen LogP contribution in [0.1, 0.15) is 10.4 Å². The van der Waals surface area contributed by atoms with Crippen LogP contribution >= 0.6 is 0 Å². The van der Waals surface area contributed by atoms with Crippen molar-refractivity contribution in [2.24, 2.45) is 0 Å². The summed E-state index contributed by atoms with van der Waals surface area (Å²) in [5.41, 5.74) is 1.04. The number of carbonyl (C=O) groups excluding carboxylic acids is 1. The number of anilines is 2. The van der Waals surface area contributed by atoms with Crippen molar-refractivity contribution in [1.82, 2.24) is 9.88 Å². The molecule has 0 saturated carbocycles. The van der Waals surface area contributed by atoms with Crippen molar-refractivity contribution in [3.05, 3.63) is 72.4 Å². The molecule has 1 aliphatic heterocycles. The van der Waals surface area contributed by atoms with Gasteiger partial charge in [0.25, 0.3) is 5.91 Å². The molecule has 1 amide bonds. The minimum absolute atomic E-state index is 0.265. The van der Waals surface area contributed by atoms with Gasteiger partial charge in [-0.15, -0.1) is 0 Å². The fourth-order valence-corrected chi connectivity index (χ4v) is 4.01. The Morgan fingerprint density at radius 1 is 0.972 bits per heavy atom. The van der Waals surface area contributed by atoms with E-state index in [0.29, 0.717) is 29.3 Å². The van der Waals surface area contributed by atoms with Crippen molar-refractivity contribution >= 4 is 17.4 Å². The third kappa shape index (κ3) is 6.87. The molecule has 36 heavy (non-hydrogen) atoms. The maximum absolute atomic E-state index is 12.7. The van der Waals surface area contributed by atoms with Crippen LogP contribution in [0.25, 0.3) is 0 Å². The van der Waals surface area contributed by atoms with E-state index in [1.165, 1.54) is 0 Å². The molecule has 9 heteroatoms. The molecule has 4 rings (SSSR count). The van der Waals surface area contributed by atoms with Gasteiger partial charge in [-0.2, -0.15) is 0 Å². The molecule has 1 aliphatic rings. The Bertz CT molecular complexity index is 1100. The number of hydrogen-bond donors (Lipinski definition) is 2. The molecule has 1 atom stereocenters. The Labute approximate surface area is 211 Å². The quantitative estimate of drug-likeness (QED) is 0.446. The summed E-state index contributed by atoms with van der Waals surface area (Å²) in [5.74, 6) is 2.43. The molecule has 9 nitrogen and oxygen atoms in total. The number of aliphatic hydroxyl groups is 1. The predicted octanol–water partition coefficient (Wildman–Crippen LogP) is 2.91. The van der Waals surface area contributed by atoms with Crippen LogP contribution in [-0.2, 0) is 0 Å². The lowest BCUT2D eigenvalue weighted by atomic mass is 10.2. The van der Waals surface area contributed by atoms with Gasteiger partial charge in [-0.25, -0.2) is 4.98 Å². The third-order valence-corrected chi connectivity index (χ3v) is 5.97. The van der Waals surface area contributed by atoms with E-state index >= 15 is 0 Å². The van der Waals surface area contributed by atoms with Crippen LogP contribution in [0.15, 0.2) is 66.9 Å². The monoisotopic (exact) mass is 492 g/mol. The molecule has 1 fully saturated rings. The van der Waals surface area contributed by atoms with Gasteiger partial charge in [0.05, 0.1) is 26.1 Å². The zero-order chi connectivity index (χ0) is 25.3. The van der Waals surface area contributed by atoms with Gasteiger partial charge in [-0.1, -0.05) is 18.2 Å². The van der Waals surface area contributed by atoms with E-state index < -0.39 is 6.10 Å². The van der Waals surface area contributed by atoms with Gasteiger partial charge in [0, 0.05) is 44.4 Å². The first-order chi connectivity index (χ1) is 17.5. The number of methoxy groups -OCH3 is 2. The number of hydrogen-bond acceptors (Lipinski definition) is 8. The summed E-state index contributed by atoms with van der Waals surface area (Å²) in [5, 5.41) is 13.2. The molecule has 1 aromatic heterocycles. The number of ether oxygens (including phenoxy) is 3. The SMILES string of the molecule is COc1cc(OC)cc(C(=O)Nc2ccc(N3CCN(CC(O)COc4ccccc4)CC3)nc2)c1. The molecule has 0 bridgehead atoms. The first-order valence-corrected chi connectivity index (χ1v) is 11.9. The van der Waals surface area contributed by atoms with Crippen LogP contribution < -0.4 is 24.4 Å². The van der Waals surface area contributed by atoms with Crippen LogP contribution in [0, 0.1) is 0 Å². The van der Waals surface area contributed by atoms with E-state index in [1.807, 2.05) is 42.5 Å². The van der Waals surface area contributed by atoms with Crippen LogP contribution in [0.3, 0.4) is 0 Å². The van der Waals surface area contributed by atoms with Crippen LogP contribution in [0.2, 0.25) is 0 Å². The Balaban J connectivity index is 1.24. The molecule has 0 spiro atoms. The number of nitrogens with one attached hydrogen (secondary N) is 1. The number of para-hydroxylation sites is 1. The number of β-amino-alcohol motifs (C(OH)–C–C–N with tert-alkyl or cyclic N) is 1. The van der Waals surface area contributed by atoms with Crippen LogP contribution in [0.4, 0.5) is 11.5 Å². The summed E-state index contributed by atoms with van der Waals surface area (Å²) < 4.78 is 16.1. The maximum atomic E-state index is 12.7. The van der Waals surface area contributed by atoms with E-state index in [1.54, 1.807) is 38.6 Å². The van der Waals surface area contributed by atoms with Gasteiger partial charge < -0.3 is 29.5 Å². The fourth-order valence-electron chi connectivity index (χ4n) is 4.01. The van der Waals surface area contributed by atoms with E-state index in [2.05, 4.69) is 20.1 Å². The summed E-state index contributed by atoms with van der Waals surface area (Å²) >= 11 is 0. The summed E-state index contributed by atoms with van der Waals surface area (Å²) in [7, 11) is 3.09. The first kappa shape index (κ1) is 25.3. The summed E-state index contributed by atoms with van der Waals surface area (Å²) in [6.45, 7) is 4.07. The molecule has 1 unspecified atom stereocenters. The second-order valence-corrected chi connectivity index (χ2v) is 8.53. The van der Waals surface area contributed by atoms with Gasteiger partial charge in [-0.05, 0) is 36.4 Å². The number of piperazine rings is 1. The molecular formula is C27H32N4O5. The number of benzene rings is 2. The highest BCUT2D eigenvalue weighted by molar-refractivity contribution is 6.04. The number of amides is 1. The molecule has 3 aromatic rings. The van der Waals surface area contributed by atoms with Gasteiger partial charge >= 0.3 is 0 Å². The maximum Gasteiger partial charge on any atom is 0.255 e. The summed E-state index contributed by atoms with van der Waals surface area (Å²) in [6, 6.07) is 18.3. The number of aliphatic hydroxyl groups excluding tert-OH is 1. The van der Waals surface area contributed by atoms with Crippen molar-refractivity contribution in [2.45, 2.75) is 6.10 Å². The van der Waals surface area contributed by atoms with E-state index in [9.17, 15) is 9.90 Å². The molecule has 2 heterocycles. The number of aromatic nitrogens is 1. The number of pyridine rings is 1. The topological polar surface area (TPSA) is 96.4 Å². The van der Waals surface area contributed by atoms with Crippen molar-refractivity contribution in [3.8, 4) is 17.2 Å². The lowest BCUT2D eigenvalue weighted by Crippen LogP contribution is -2.49. The Morgan fingerprint density at radius 2 is 1.67 bits per heavy atom. The smallest absolute Gasteiger partial charge is 0.255 e. The zero-order valence-electron chi connectivity index (χ0n) is 20.6. The van der Waals surface area contributed by atoms with Crippen LogP contribution in [0.5, 0.6) is 17.2 Å². The highest BCUT2D eigenvalue weighted by Gasteiger charge is 2.20. The third-order valence-electron chi connectivity index (χ3n) is 5.97. The molecule has 1 saturated heterocycles. The molecule has 0 radical (unpaired) electrons.